The maximum absolute atomic E-state index is 13.0. The van der Waals surface area contributed by atoms with Crippen LogP contribution in [0.4, 0.5) is 0 Å². The lowest BCUT2D eigenvalue weighted by atomic mass is 10.1. The summed E-state index contributed by atoms with van der Waals surface area (Å²) in [5.74, 6) is 7.32. The van der Waals surface area contributed by atoms with Crippen LogP contribution in [0.5, 0.6) is 11.5 Å². The quantitative estimate of drug-likeness (QED) is 0.842. The highest BCUT2D eigenvalue weighted by Crippen LogP contribution is 2.35. The van der Waals surface area contributed by atoms with Crippen LogP contribution in [-0.4, -0.2) is 34.3 Å². The average Bonchev–Trinajstić information content (AvgIpc) is 3.17. The minimum absolute atomic E-state index is 0.161. The van der Waals surface area contributed by atoms with Crippen molar-refractivity contribution in [2.24, 2.45) is 0 Å². The lowest BCUT2D eigenvalue weighted by molar-refractivity contribution is 0.0696. The number of carbonyl (C=O) groups excluding carboxylic acids is 1. The van der Waals surface area contributed by atoms with E-state index < -0.39 is 5.60 Å². The summed E-state index contributed by atoms with van der Waals surface area (Å²) in [7, 11) is 0. The minimum Gasteiger partial charge on any atom is -0.454 e. The third kappa shape index (κ3) is 4.09. The summed E-state index contributed by atoms with van der Waals surface area (Å²) >= 11 is 0. The molecule has 1 amide bonds. The zero-order valence-corrected chi connectivity index (χ0v) is 15.3. The Morgan fingerprint density at radius 1 is 1.22 bits per heavy atom. The summed E-state index contributed by atoms with van der Waals surface area (Å²) in [5.41, 5.74) is -0.135. The Morgan fingerprint density at radius 3 is 2.74 bits per heavy atom. The first-order valence-corrected chi connectivity index (χ1v) is 8.94. The highest BCUT2D eigenvalue weighted by molar-refractivity contribution is 5.92. The molecule has 0 radical (unpaired) electrons. The number of nitrogens with zero attached hydrogens (tertiary/aromatic N) is 1. The fourth-order valence-electron chi connectivity index (χ4n) is 2.87. The Labute approximate surface area is 157 Å². The van der Waals surface area contributed by atoms with Crippen molar-refractivity contribution >= 4 is 5.91 Å². The zero-order valence-electron chi connectivity index (χ0n) is 15.3. The number of amides is 1. The van der Waals surface area contributed by atoms with E-state index in [1.54, 1.807) is 26.0 Å². The molecule has 27 heavy (non-hydrogen) atoms. The lowest BCUT2D eigenvalue weighted by Gasteiger charge is -2.21. The van der Waals surface area contributed by atoms with Crippen LogP contribution in [0, 0.1) is 11.8 Å². The van der Waals surface area contributed by atoms with Gasteiger partial charge in [-0.15, -0.1) is 0 Å². The van der Waals surface area contributed by atoms with E-state index in [4.69, 9.17) is 13.9 Å². The lowest BCUT2D eigenvalue weighted by Crippen LogP contribution is -2.32. The van der Waals surface area contributed by atoms with Crippen molar-refractivity contribution < 1.29 is 23.8 Å². The molecular weight excluding hydrogens is 346 g/mol. The summed E-state index contributed by atoms with van der Waals surface area (Å²) in [6.45, 7) is 3.89. The van der Waals surface area contributed by atoms with Gasteiger partial charge in [0.05, 0.1) is 0 Å². The number of ether oxygens (including phenoxy) is 2. The number of benzene rings is 1. The molecule has 0 saturated heterocycles. The van der Waals surface area contributed by atoms with Gasteiger partial charge in [-0.25, -0.2) is 0 Å². The van der Waals surface area contributed by atoms with Crippen LogP contribution in [0.1, 0.15) is 48.6 Å². The van der Waals surface area contributed by atoms with Crippen LogP contribution >= 0.6 is 0 Å². The topological polar surface area (TPSA) is 72.1 Å². The molecule has 1 N–H and O–H groups in total. The summed E-state index contributed by atoms with van der Waals surface area (Å²) in [6.07, 6.45) is 1.98. The van der Waals surface area contributed by atoms with Crippen molar-refractivity contribution in [2.45, 2.75) is 44.9 Å². The van der Waals surface area contributed by atoms with E-state index >= 15 is 0 Å². The molecule has 0 unspecified atom stereocenters. The molecule has 1 aliphatic heterocycles. The van der Waals surface area contributed by atoms with E-state index in [-0.39, 0.29) is 24.5 Å². The van der Waals surface area contributed by atoms with Gasteiger partial charge in [-0.05, 0) is 62.4 Å². The predicted molar refractivity (Wildman–Crippen MR) is 97.3 cm³/mol. The molecule has 2 aromatic rings. The van der Waals surface area contributed by atoms with Crippen LogP contribution in [0.2, 0.25) is 0 Å². The predicted octanol–water partition coefficient (Wildman–Crippen LogP) is 2.94. The summed E-state index contributed by atoms with van der Waals surface area (Å²) in [5, 5.41) is 9.69. The van der Waals surface area contributed by atoms with Gasteiger partial charge >= 0.3 is 0 Å². The SMILES string of the molecule is CC(C)(O)C#Cc1ccc(C(=O)N(Cc2ccc3c(c2)OCO3)C2CC2)o1. The fraction of sp³-hybridized carbons (Fsp3) is 0.381. The van der Waals surface area contributed by atoms with E-state index in [1.807, 2.05) is 23.1 Å². The number of furan rings is 1. The smallest absolute Gasteiger partial charge is 0.290 e. The minimum atomic E-state index is -1.11. The van der Waals surface area contributed by atoms with Gasteiger partial charge < -0.3 is 23.9 Å². The number of hydrogen-bond donors (Lipinski definition) is 1. The largest absolute Gasteiger partial charge is 0.454 e. The Bertz CT molecular complexity index is 924. The van der Waals surface area contributed by atoms with Crippen LogP contribution in [0.25, 0.3) is 0 Å². The normalized spacial score (nSPS) is 15.2. The summed E-state index contributed by atoms with van der Waals surface area (Å²) < 4.78 is 16.3. The molecule has 0 atom stereocenters. The van der Waals surface area contributed by atoms with Crippen molar-refractivity contribution in [3.05, 3.63) is 47.4 Å². The Hall–Kier alpha value is -2.91. The van der Waals surface area contributed by atoms with Crippen LogP contribution in [0.3, 0.4) is 0 Å². The molecule has 1 aromatic heterocycles. The van der Waals surface area contributed by atoms with Gasteiger partial charge in [-0.1, -0.05) is 12.0 Å². The molecule has 6 heteroatoms. The van der Waals surface area contributed by atoms with Crippen LogP contribution in [-0.2, 0) is 6.54 Å². The van der Waals surface area contributed by atoms with Gasteiger partial charge in [0.15, 0.2) is 23.0 Å². The van der Waals surface area contributed by atoms with Crippen molar-refractivity contribution in [1.82, 2.24) is 4.90 Å². The second-order valence-corrected chi connectivity index (χ2v) is 7.32. The average molecular weight is 367 g/mol. The molecule has 0 bridgehead atoms. The molecular formula is C21H21NO5. The number of aliphatic hydroxyl groups is 1. The van der Waals surface area contributed by atoms with Crippen molar-refractivity contribution in [3.63, 3.8) is 0 Å². The molecule has 140 valence electrons. The second-order valence-electron chi connectivity index (χ2n) is 7.32. The molecule has 1 aliphatic carbocycles. The number of rotatable bonds is 4. The molecule has 1 saturated carbocycles. The van der Waals surface area contributed by atoms with Crippen molar-refractivity contribution in [1.29, 1.82) is 0 Å². The first-order valence-electron chi connectivity index (χ1n) is 8.94. The summed E-state index contributed by atoms with van der Waals surface area (Å²) in [6, 6.07) is 9.22. The molecule has 6 nitrogen and oxygen atoms in total. The summed E-state index contributed by atoms with van der Waals surface area (Å²) in [4.78, 5) is 14.8. The van der Waals surface area contributed by atoms with Crippen molar-refractivity contribution in [3.8, 4) is 23.3 Å². The van der Waals surface area contributed by atoms with Gasteiger partial charge in [0.25, 0.3) is 5.91 Å². The maximum atomic E-state index is 13.0. The molecule has 0 spiro atoms. The number of fused-ring (bicyclic) bond motifs is 1. The highest BCUT2D eigenvalue weighted by Gasteiger charge is 2.34. The van der Waals surface area contributed by atoms with Gasteiger partial charge in [-0.2, -0.15) is 0 Å². The van der Waals surface area contributed by atoms with Gasteiger partial charge in [-0.3, -0.25) is 4.79 Å². The third-order valence-electron chi connectivity index (χ3n) is 4.35. The Morgan fingerprint density at radius 2 is 2.00 bits per heavy atom. The highest BCUT2D eigenvalue weighted by atomic mass is 16.7. The second kappa shape index (κ2) is 6.67. The van der Waals surface area contributed by atoms with Gasteiger partial charge in [0.2, 0.25) is 6.79 Å². The number of hydrogen-bond acceptors (Lipinski definition) is 5. The third-order valence-corrected chi connectivity index (χ3v) is 4.35. The van der Waals surface area contributed by atoms with E-state index in [0.717, 1.165) is 24.2 Å². The zero-order chi connectivity index (χ0) is 19.0. The molecule has 4 rings (SSSR count). The molecule has 2 aliphatic rings. The van der Waals surface area contributed by atoms with E-state index in [9.17, 15) is 9.90 Å². The molecule has 2 heterocycles. The van der Waals surface area contributed by atoms with Crippen molar-refractivity contribution in [2.75, 3.05) is 6.79 Å². The van der Waals surface area contributed by atoms with Gasteiger partial charge in [0, 0.05) is 12.6 Å². The number of carbonyl (C=O) groups is 1. The first kappa shape index (κ1) is 17.5. The van der Waals surface area contributed by atoms with Gasteiger partial charge in [0.1, 0.15) is 5.60 Å². The van der Waals surface area contributed by atoms with Crippen LogP contribution in [0.15, 0.2) is 34.7 Å². The maximum Gasteiger partial charge on any atom is 0.290 e. The Balaban J connectivity index is 1.51. The van der Waals surface area contributed by atoms with Crippen LogP contribution < -0.4 is 9.47 Å². The first-order chi connectivity index (χ1) is 12.9. The van der Waals surface area contributed by atoms with E-state index in [2.05, 4.69) is 11.8 Å². The monoisotopic (exact) mass is 367 g/mol. The van der Waals surface area contributed by atoms with E-state index in [0.29, 0.717) is 18.1 Å². The molecule has 1 fully saturated rings. The standard InChI is InChI=1S/C21H21NO5/c1-21(2,24)10-9-16-6-8-18(27-16)20(23)22(15-4-5-15)12-14-3-7-17-19(11-14)26-13-25-17/h3,6-8,11,15,24H,4-5,12-13H2,1-2H3. The Kier molecular flexibility index (Phi) is 4.33. The fourth-order valence-corrected chi connectivity index (χ4v) is 2.87. The molecule has 1 aromatic carbocycles. The van der Waals surface area contributed by atoms with E-state index in [1.165, 1.54) is 0 Å².